The van der Waals surface area contributed by atoms with Crippen molar-refractivity contribution in [3.8, 4) is 0 Å². The summed E-state index contributed by atoms with van der Waals surface area (Å²) in [4.78, 5) is 6.58. The van der Waals surface area contributed by atoms with Gasteiger partial charge in [0.25, 0.3) is 0 Å². The minimum Gasteiger partial charge on any atom is -0.394 e. The molecule has 0 aromatic carbocycles. The number of aliphatic hydroxyl groups is 1. The first-order chi connectivity index (χ1) is 7.29. The van der Waals surface area contributed by atoms with E-state index in [4.69, 9.17) is 9.84 Å². The summed E-state index contributed by atoms with van der Waals surface area (Å²) >= 11 is 1.67. The number of hydrogen-bond acceptors (Lipinski definition) is 5. The third-order valence-electron chi connectivity index (χ3n) is 2.66. The van der Waals surface area contributed by atoms with Crippen molar-refractivity contribution in [2.24, 2.45) is 0 Å². The molecule has 2 rings (SSSR count). The molecule has 0 aliphatic carbocycles. The molecule has 5 heteroatoms. The minimum absolute atomic E-state index is 0.0406. The first kappa shape index (κ1) is 11.0. The lowest BCUT2D eigenvalue weighted by Crippen LogP contribution is -2.48. The van der Waals surface area contributed by atoms with Gasteiger partial charge in [0.05, 0.1) is 25.9 Å². The van der Waals surface area contributed by atoms with Crippen LogP contribution in [0.2, 0.25) is 0 Å². The molecule has 0 spiro atoms. The molecule has 1 aromatic heterocycles. The Morgan fingerprint density at radius 3 is 3.27 bits per heavy atom. The van der Waals surface area contributed by atoms with Crippen LogP contribution in [0, 0.1) is 0 Å². The molecular formula is C10H16N2O2S. The molecule has 0 bridgehead atoms. The van der Waals surface area contributed by atoms with Gasteiger partial charge < -0.3 is 9.84 Å². The average Bonchev–Trinajstić information content (AvgIpc) is 2.74. The molecule has 2 unspecified atom stereocenters. The first-order valence-corrected chi connectivity index (χ1v) is 6.02. The van der Waals surface area contributed by atoms with Gasteiger partial charge in [-0.25, -0.2) is 4.98 Å². The van der Waals surface area contributed by atoms with Crippen LogP contribution in [0.4, 0.5) is 0 Å². The summed E-state index contributed by atoms with van der Waals surface area (Å²) in [5.41, 5.74) is 0. The second kappa shape index (κ2) is 5.03. The van der Waals surface area contributed by atoms with E-state index in [2.05, 4.69) is 16.8 Å². The van der Waals surface area contributed by atoms with Gasteiger partial charge in [-0.15, -0.1) is 11.3 Å². The molecule has 15 heavy (non-hydrogen) atoms. The molecule has 1 N–H and O–H groups in total. The van der Waals surface area contributed by atoms with Gasteiger partial charge in [-0.1, -0.05) is 0 Å². The van der Waals surface area contributed by atoms with Gasteiger partial charge in [-0.3, -0.25) is 4.90 Å². The zero-order valence-electron chi connectivity index (χ0n) is 8.80. The highest BCUT2D eigenvalue weighted by atomic mass is 32.1. The third-order valence-corrected chi connectivity index (χ3v) is 3.42. The zero-order valence-corrected chi connectivity index (χ0v) is 9.61. The summed E-state index contributed by atoms with van der Waals surface area (Å²) < 4.78 is 5.48. The Balaban J connectivity index is 1.94. The van der Waals surface area contributed by atoms with E-state index in [1.807, 2.05) is 11.6 Å². The molecule has 0 saturated carbocycles. The first-order valence-electron chi connectivity index (χ1n) is 5.14. The smallest absolute Gasteiger partial charge is 0.107 e. The van der Waals surface area contributed by atoms with Crippen molar-refractivity contribution < 1.29 is 9.84 Å². The second-order valence-electron chi connectivity index (χ2n) is 3.84. The molecule has 2 heterocycles. The Morgan fingerprint density at radius 2 is 2.60 bits per heavy atom. The topological polar surface area (TPSA) is 45.6 Å². The predicted molar refractivity (Wildman–Crippen MR) is 58.8 cm³/mol. The van der Waals surface area contributed by atoms with Gasteiger partial charge in [-0.2, -0.15) is 0 Å². The van der Waals surface area contributed by atoms with Crippen LogP contribution in [0.25, 0.3) is 0 Å². The molecule has 4 nitrogen and oxygen atoms in total. The van der Waals surface area contributed by atoms with Crippen LogP contribution in [0.1, 0.15) is 11.9 Å². The van der Waals surface area contributed by atoms with Crippen LogP contribution in [0.5, 0.6) is 0 Å². The number of hydrogen-bond donors (Lipinski definition) is 1. The van der Waals surface area contributed by atoms with Crippen LogP contribution >= 0.6 is 11.3 Å². The molecule has 2 atom stereocenters. The van der Waals surface area contributed by atoms with Crippen LogP contribution in [-0.4, -0.2) is 46.9 Å². The van der Waals surface area contributed by atoms with E-state index in [1.165, 1.54) is 0 Å². The standard InChI is InChI=1S/C10H16N2O2S/c1-8-7-14-9(6-13)4-12(8)5-10-11-2-3-15-10/h2-3,8-9,13H,4-7H2,1H3. The van der Waals surface area contributed by atoms with E-state index < -0.39 is 0 Å². The highest BCUT2D eigenvalue weighted by molar-refractivity contribution is 7.09. The van der Waals surface area contributed by atoms with Gasteiger partial charge in [0.15, 0.2) is 0 Å². The Hall–Kier alpha value is -0.490. The van der Waals surface area contributed by atoms with Crippen molar-refractivity contribution in [1.29, 1.82) is 0 Å². The summed E-state index contributed by atoms with van der Waals surface area (Å²) in [7, 11) is 0. The highest BCUT2D eigenvalue weighted by Gasteiger charge is 2.25. The van der Waals surface area contributed by atoms with Crippen LogP contribution < -0.4 is 0 Å². The maximum Gasteiger partial charge on any atom is 0.107 e. The van der Waals surface area contributed by atoms with E-state index in [0.717, 1.165) is 18.1 Å². The molecule has 1 aliphatic heterocycles. The zero-order chi connectivity index (χ0) is 10.7. The number of rotatable bonds is 3. The molecule has 84 valence electrons. The summed E-state index contributed by atoms with van der Waals surface area (Å²) in [5.74, 6) is 0. The van der Waals surface area contributed by atoms with Gasteiger partial charge in [0.1, 0.15) is 5.01 Å². The Kier molecular flexibility index (Phi) is 3.69. The number of thiazole rings is 1. The van der Waals surface area contributed by atoms with Crippen molar-refractivity contribution >= 4 is 11.3 Å². The second-order valence-corrected chi connectivity index (χ2v) is 4.82. The summed E-state index contributed by atoms with van der Waals surface area (Å²) in [6.07, 6.45) is 1.79. The third kappa shape index (κ3) is 2.75. The normalized spacial score (nSPS) is 28.1. The fraction of sp³-hybridized carbons (Fsp3) is 0.700. The molecule has 1 aliphatic rings. The number of ether oxygens (including phenoxy) is 1. The lowest BCUT2D eigenvalue weighted by atomic mass is 10.2. The van der Waals surface area contributed by atoms with Gasteiger partial charge in [0, 0.05) is 24.2 Å². The molecule has 0 radical (unpaired) electrons. The largest absolute Gasteiger partial charge is 0.394 e. The van der Waals surface area contributed by atoms with Gasteiger partial charge in [0.2, 0.25) is 0 Å². The SMILES string of the molecule is CC1COC(CO)CN1Cc1nccs1. The van der Waals surface area contributed by atoms with Crippen molar-refractivity contribution in [3.05, 3.63) is 16.6 Å². The van der Waals surface area contributed by atoms with Crippen molar-refractivity contribution in [2.75, 3.05) is 19.8 Å². The van der Waals surface area contributed by atoms with E-state index in [1.54, 1.807) is 11.3 Å². The summed E-state index contributed by atoms with van der Waals surface area (Å²) in [6, 6.07) is 0.400. The molecule has 1 fully saturated rings. The average molecular weight is 228 g/mol. The fourth-order valence-corrected chi connectivity index (χ4v) is 2.35. The van der Waals surface area contributed by atoms with Crippen LogP contribution in [-0.2, 0) is 11.3 Å². The monoisotopic (exact) mass is 228 g/mol. The lowest BCUT2D eigenvalue weighted by Gasteiger charge is -2.36. The highest BCUT2D eigenvalue weighted by Crippen LogP contribution is 2.16. The quantitative estimate of drug-likeness (QED) is 0.828. The van der Waals surface area contributed by atoms with E-state index >= 15 is 0 Å². The number of morpholine rings is 1. The fourth-order valence-electron chi connectivity index (χ4n) is 1.71. The van der Waals surface area contributed by atoms with Gasteiger partial charge in [-0.05, 0) is 6.92 Å². The Labute approximate surface area is 93.5 Å². The number of aromatic nitrogens is 1. The maximum absolute atomic E-state index is 9.06. The number of aliphatic hydroxyl groups excluding tert-OH is 1. The van der Waals surface area contributed by atoms with Gasteiger partial charge >= 0.3 is 0 Å². The Morgan fingerprint density at radius 1 is 1.73 bits per heavy atom. The van der Waals surface area contributed by atoms with Crippen LogP contribution in [0.15, 0.2) is 11.6 Å². The minimum atomic E-state index is -0.0406. The molecular weight excluding hydrogens is 212 g/mol. The molecule has 0 amide bonds. The van der Waals surface area contributed by atoms with E-state index in [0.29, 0.717) is 12.6 Å². The maximum atomic E-state index is 9.06. The van der Waals surface area contributed by atoms with Crippen molar-refractivity contribution in [3.63, 3.8) is 0 Å². The summed E-state index contributed by atoms with van der Waals surface area (Å²) in [5, 5.41) is 12.2. The van der Waals surface area contributed by atoms with Crippen molar-refractivity contribution in [1.82, 2.24) is 9.88 Å². The lowest BCUT2D eigenvalue weighted by molar-refractivity contribution is -0.0805. The van der Waals surface area contributed by atoms with Crippen LogP contribution in [0.3, 0.4) is 0 Å². The summed E-state index contributed by atoms with van der Waals surface area (Å²) in [6.45, 7) is 4.58. The Bertz CT molecular complexity index is 292. The van der Waals surface area contributed by atoms with Crippen molar-refractivity contribution in [2.45, 2.75) is 25.6 Å². The van der Waals surface area contributed by atoms with E-state index in [9.17, 15) is 0 Å². The molecule has 1 aromatic rings. The van der Waals surface area contributed by atoms with E-state index in [-0.39, 0.29) is 12.7 Å². The predicted octanol–water partition coefficient (Wildman–Crippen LogP) is 0.725. The molecule has 1 saturated heterocycles. The number of nitrogens with zero attached hydrogens (tertiary/aromatic N) is 2.